The number of nitrogens with zero attached hydrogens (tertiary/aromatic N) is 1. The fourth-order valence-electron chi connectivity index (χ4n) is 4.19. The summed E-state index contributed by atoms with van der Waals surface area (Å²) in [5.41, 5.74) is 0.858. The smallest absolute Gasteiger partial charge is 0.225 e. The van der Waals surface area contributed by atoms with Crippen molar-refractivity contribution >= 4 is 15.9 Å². The first-order chi connectivity index (χ1) is 14.4. The van der Waals surface area contributed by atoms with Gasteiger partial charge in [-0.1, -0.05) is 30.4 Å². The van der Waals surface area contributed by atoms with Crippen molar-refractivity contribution < 1.29 is 17.6 Å². The predicted octanol–water partition coefficient (Wildman–Crippen LogP) is 2.84. The molecule has 1 aliphatic heterocycles. The first kappa shape index (κ1) is 21.3. The maximum Gasteiger partial charge on any atom is 0.225 e. The molecular formula is C23H29FN2O3S. The molecule has 2 atom stereocenters. The molecule has 1 heterocycles. The van der Waals surface area contributed by atoms with E-state index in [-0.39, 0.29) is 35.9 Å². The Balaban J connectivity index is 1.59. The van der Waals surface area contributed by atoms with Crippen molar-refractivity contribution in [2.24, 2.45) is 11.8 Å². The van der Waals surface area contributed by atoms with Crippen molar-refractivity contribution in [1.82, 2.24) is 9.62 Å². The average molecular weight is 433 g/mol. The average Bonchev–Trinajstić information content (AvgIpc) is 3.42. The second kappa shape index (κ2) is 8.68. The maximum absolute atomic E-state index is 15.1. The highest BCUT2D eigenvalue weighted by Gasteiger charge is 2.42. The van der Waals surface area contributed by atoms with Crippen LogP contribution in [0.4, 0.5) is 4.39 Å². The molecule has 3 aliphatic rings. The van der Waals surface area contributed by atoms with Gasteiger partial charge in [-0.05, 0) is 57.1 Å². The lowest BCUT2D eigenvalue weighted by molar-refractivity contribution is -0.139. The minimum atomic E-state index is -3.42. The van der Waals surface area contributed by atoms with Gasteiger partial charge in [-0.25, -0.2) is 17.5 Å². The molecule has 7 heteroatoms. The van der Waals surface area contributed by atoms with Gasteiger partial charge in [0.05, 0.1) is 17.4 Å². The zero-order valence-corrected chi connectivity index (χ0v) is 18.2. The molecule has 162 valence electrons. The molecule has 1 aromatic rings. The largest absolute Gasteiger partial charge is 0.337 e. The van der Waals surface area contributed by atoms with Crippen LogP contribution in [0.5, 0.6) is 0 Å². The highest BCUT2D eigenvalue weighted by molar-refractivity contribution is 7.89. The molecule has 0 radical (unpaired) electrons. The molecule has 2 unspecified atom stereocenters. The summed E-state index contributed by atoms with van der Waals surface area (Å²) < 4.78 is 42.3. The first-order valence-electron chi connectivity index (χ1n) is 11.0. The van der Waals surface area contributed by atoms with Crippen LogP contribution in [0.2, 0.25) is 0 Å². The normalized spacial score (nSPS) is 24.3. The van der Waals surface area contributed by atoms with E-state index < -0.39 is 16.1 Å². The molecule has 1 aromatic carbocycles. The Kier molecular flexibility index (Phi) is 6.17. The molecule has 0 aromatic heterocycles. The van der Waals surface area contributed by atoms with E-state index in [1.807, 2.05) is 0 Å². The van der Waals surface area contributed by atoms with Crippen molar-refractivity contribution in [2.45, 2.75) is 64.0 Å². The van der Waals surface area contributed by atoms with Crippen LogP contribution in [-0.4, -0.2) is 43.6 Å². The fraction of sp³-hybridized carbons (Fsp3) is 0.609. The summed E-state index contributed by atoms with van der Waals surface area (Å²) in [5, 5.41) is 0. The van der Waals surface area contributed by atoms with E-state index in [9.17, 15) is 13.2 Å². The summed E-state index contributed by atoms with van der Waals surface area (Å²) in [4.78, 5) is 14.8. The third kappa shape index (κ3) is 4.70. The third-order valence-electron chi connectivity index (χ3n) is 6.49. The van der Waals surface area contributed by atoms with Gasteiger partial charge in [0.25, 0.3) is 0 Å². The summed E-state index contributed by atoms with van der Waals surface area (Å²) in [5.74, 6) is 6.15. The zero-order valence-electron chi connectivity index (χ0n) is 17.4. The van der Waals surface area contributed by atoms with Gasteiger partial charge in [-0.2, -0.15) is 0 Å². The number of sulfonamides is 1. The third-order valence-corrected chi connectivity index (χ3v) is 7.91. The number of likely N-dealkylation sites (tertiary alicyclic amines) is 1. The molecule has 4 rings (SSSR count). The Morgan fingerprint density at radius 1 is 1.23 bits per heavy atom. The number of benzene rings is 1. The van der Waals surface area contributed by atoms with Gasteiger partial charge < -0.3 is 4.90 Å². The molecule has 5 nitrogen and oxygen atoms in total. The second-order valence-corrected chi connectivity index (χ2v) is 10.7. The molecule has 2 saturated carbocycles. The Morgan fingerprint density at radius 2 is 2.00 bits per heavy atom. The minimum absolute atomic E-state index is 0.0204. The van der Waals surface area contributed by atoms with Gasteiger partial charge in [-0.15, -0.1) is 0 Å². The number of hydrogen-bond donors (Lipinski definition) is 1. The van der Waals surface area contributed by atoms with Gasteiger partial charge in [-0.3, -0.25) is 4.79 Å². The standard InChI is InChI=1S/C23H29FN2O3S/c1-2-30(28,29)25-20-13-14-26(23(27)18-6-4-7-18)21(20)15-19-8-3-5-17(22(19)24)12-11-16-9-10-16/h3,5,8,16,18,20-21,25H,2,4,6-7,9-10,13-15H2,1H3. The van der Waals surface area contributed by atoms with E-state index in [1.54, 1.807) is 30.0 Å². The summed E-state index contributed by atoms with van der Waals surface area (Å²) >= 11 is 0. The second-order valence-electron chi connectivity index (χ2n) is 8.67. The van der Waals surface area contributed by atoms with Gasteiger partial charge >= 0.3 is 0 Å². The van der Waals surface area contributed by atoms with Crippen LogP contribution < -0.4 is 4.72 Å². The van der Waals surface area contributed by atoms with Gasteiger partial charge in [0.1, 0.15) is 5.82 Å². The number of carbonyl (C=O) groups is 1. The van der Waals surface area contributed by atoms with E-state index in [4.69, 9.17) is 0 Å². The molecular weight excluding hydrogens is 403 g/mol. The number of amides is 1. The van der Waals surface area contributed by atoms with Crippen LogP contribution in [0.15, 0.2) is 18.2 Å². The Bertz CT molecular complexity index is 974. The van der Waals surface area contributed by atoms with Crippen molar-refractivity contribution in [1.29, 1.82) is 0 Å². The Hall–Kier alpha value is -1.91. The highest BCUT2D eigenvalue weighted by Crippen LogP contribution is 2.33. The maximum atomic E-state index is 15.1. The minimum Gasteiger partial charge on any atom is -0.337 e. The van der Waals surface area contributed by atoms with Crippen LogP contribution >= 0.6 is 0 Å². The summed E-state index contributed by atoms with van der Waals surface area (Å²) in [6.45, 7) is 2.09. The number of hydrogen-bond acceptors (Lipinski definition) is 3. The van der Waals surface area contributed by atoms with Gasteiger partial charge in [0, 0.05) is 24.4 Å². The van der Waals surface area contributed by atoms with Crippen molar-refractivity contribution in [3.63, 3.8) is 0 Å². The van der Waals surface area contributed by atoms with Crippen LogP contribution in [0.3, 0.4) is 0 Å². The summed E-state index contributed by atoms with van der Waals surface area (Å²) in [6.07, 6.45) is 5.80. The topological polar surface area (TPSA) is 66.5 Å². The highest BCUT2D eigenvalue weighted by atomic mass is 32.2. The predicted molar refractivity (Wildman–Crippen MR) is 114 cm³/mol. The number of halogens is 1. The van der Waals surface area contributed by atoms with Crippen molar-refractivity contribution in [3.8, 4) is 11.8 Å². The van der Waals surface area contributed by atoms with Crippen LogP contribution in [0.25, 0.3) is 0 Å². The molecule has 3 fully saturated rings. The summed E-state index contributed by atoms with van der Waals surface area (Å²) in [7, 11) is -3.42. The first-order valence-corrected chi connectivity index (χ1v) is 12.6. The van der Waals surface area contributed by atoms with E-state index in [0.717, 1.165) is 32.1 Å². The number of carbonyl (C=O) groups excluding carboxylic acids is 1. The molecule has 0 bridgehead atoms. The number of rotatable bonds is 6. The van der Waals surface area contributed by atoms with E-state index >= 15 is 4.39 Å². The van der Waals surface area contributed by atoms with Gasteiger partial charge in [0.15, 0.2) is 0 Å². The van der Waals surface area contributed by atoms with Crippen molar-refractivity contribution in [3.05, 3.63) is 35.1 Å². The fourth-order valence-corrected chi connectivity index (χ4v) is 5.09. The lowest BCUT2D eigenvalue weighted by Gasteiger charge is -2.34. The molecule has 2 aliphatic carbocycles. The molecule has 30 heavy (non-hydrogen) atoms. The summed E-state index contributed by atoms with van der Waals surface area (Å²) in [6, 6.07) is 4.39. The van der Waals surface area contributed by atoms with Gasteiger partial charge in [0.2, 0.25) is 15.9 Å². The number of nitrogens with one attached hydrogen (secondary N) is 1. The quantitative estimate of drug-likeness (QED) is 0.703. The molecule has 1 amide bonds. The van der Waals surface area contributed by atoms with Crippen LogP contribution in [0, 0.1) is 29.5 Å². The molecule has 1 saturated heterocycles. The van der Waals surface area contributed by atoms with Crippen LogP contribution in [0.1, 0.15) is 56.6 Å². The lowest BCUT2D eigenvalue weighted by Crippen LogP contribution is -2.50. The Morgan fingerprint density at radius 3 is 2.63 bits per heavy atom. The van der Waals surface area contributed by atoms with E-state index in [0.29, 0.717) is 30.0 Å². The van der Waals surface area contributed by atoms with E-state index in [1.165, 1.54) is 0 Å². The van der Waals surface area contributed by atoms with E-state index in [2.05, 4.69) is 16.6 Å². The lowest BCUT2D eigenvalue weighted by atomic mass is 9.84. The molecule has 0 spiro atoms. The Labute approximate surface area is 178 Å². The van der Waals surface area contributed by atoms with Crippen LogP contribution in [-0.2, 0) is 21.2 Å². The van der Waals surface area contributed by atoms with Crippen molar-refractivity contribution in [2.75, 3.05) is 12.3 Å². The molecule has 1 N–H and O–H groups in total. The monoisotopic (exact) mass is 432 g/mol. The SMILES string of the molecule is CCS(=O)(=O)NC1CCN(C(=O)C2CCC2)C1Cc1cccc(C#CC2CC2)c1F. The zero-order chi connectivity index (χ0) is 21.3.